The molecule has 0 saturated carbocycles. The Hall–Kier alpha value is -0.770. The van der Waals surface area contributed by atoms with Crippen LogP contribution in [0.4, 0.5) is 4.39 Å². The molecule has 0 spiro atoms. The highest BCUT2D eigenvalue weighted by molar-refractivity contribution is 9.10. The predicted octanol–water partition coefficient (Wildman–Crippen LogP) is 3.63. The normalized spacial score (nSPS) is 10.5. The Morgan fingerprint density at radius 2 is 2.07 bits per heavy atom. The first-order valence-corrected chi connectivity index (χ1v) is 5.50. The summed E-state index contributed by atoms with van der Waals surface area (Å²) in [5.41, 5.74) is 0. The first-order valence-electron chi connectivity index (χ1n) is 4.71. The minimum Gasteiger partial charge on any atom is -0.494 e. The van der Waals surface area contributed by atoms with Crippen molar-refractivity contribution < 1.29 is 13.9 Å². The van der Waals surface area contributed by atoms with Crippen LogP contribution >= 0.6 is 15.9 Å². The molecule has 0 radical (unpaired) electrons. The minimum atomic E-state index is -0.465. The van der Waals surface area contributed by atoms with Gasteiger partial charge in [0.2, 0.25) is 5.82 Å². The molecule has 0 aromatic heterocycles. The zero-order valence-corrected chi connectivity index (χ0v) is 10.6. The number of hydrogen-bond donors (Lipinski definition) is 0. The summed E-state index contributed by atoms with van der Waals surface area (Å²) in [5, 5.41) is 0. The lowest BCUT2D eigenvalue weighted by atomic mass is 10.2. The number of hydrogen-bond acceptors (Lipinski definition) is 2. The molecule has 1 aromatic carbocycles. The summed E-state index contributed by atoms with van der Waals surface area (Å²) in [5.74, 6) is 0.287. The molecule has 0 N–H and O–H groups in total. The Morgan fingerprint density at radius 3 is 2.60 bits per heavy atom. The van der Waals surface area contributed by atoms with Crippen LogP contribution in [0.5, 0.6) is 11.5 Å². The Balaban J connectivity index is 2.94. The molecular formula is C11H14BrFO2. The Labute approximate surface area is 97.5 Å². The first kappa shape index (κ1) is 12.3. The van der Waals surface area contributed by atoms with E-state index in [0.29, 0.717) is 17.0 Å². The van der Waals surface area contributed by atoms with Crippen molar-refractivity contribution >= 4 is 15.9 Å². The molecule has 1 rings (SSSR count). The molecule has 0 amide bonds. The molecule has 0 bridgehead atoms. The van der Waals surface area contributed by atoms with E-state index in [1.54, 1.807) is 12.1 Å². The van der Waals surface area contributed by atoms with Crippen LogP contribution in [0.25, 0.3) is 0 Å². The molecule has 0 unspecified atom stereocenters. The van der Waals surface area contributed by atoms with Gasteiger partial charge in [0.15, 0.2) is 11.5 Å². The Bertz CT molecular complexity index is 340. The van der Waals surface area contributed by atoms with Crippen molar-refractivity contribution in [1.82, 2.24) is 0 Å². The number of halogens is 2. The third kappa shape index (κ3) is 3.09. The van der Waals surface area contributed by atoms with E-state index in [-0.39, 0.29) is 11.5 Å². The van der Waals surface area contributed by atoms with Crippen LogP contribution in [-0.2, 0) is 0 Å². The SMILES string of the molecule is COc1ccc(Br)c(OCC(C)C)c1F. The highest BCUT2D eigenvalue weighted by atomic mass is 79.9. The lowest BCUT2D eigenvalue weighted by Crippen LogP contribution is -2.06. The van der Waals surface area contributed by atoms with Crippen LogP contribution in [0.3, 0.4) is 0 Å². The summed E-state index contributed by atoms with van der Waals surface area (Å²) >= 11 is 3.24. The molecule has 0 aliphatic carbocycles. The van der Waals surface area contributed by atoms with Gasteiger partial charge >= 0.3 is 0 Å². The number of benzene rings is 1. The third-order valence-electron chi connectivity index (χ3n) is 1.79. The molecule has 0 aliphatic rings. The van der Waals surface area contributed by atoms with Crippen molar-refractivity contribution in [1.29, 1.82) is 0 Å². The molecule has 15 heavy (non-hydrogen) atoms. The quantitative estimate of drug-likeness (QED) is 0.836. The van der Waals surface area contributed by atoms with E-state index < -0.39 is 5.82 Å². The fourth-order valence-electron chi connectivity index (χ4n) is 1.05. The van der Waals surface area contributed by atoms with Gasteiger partial charge in [0.1, 0.15) is 0 Å². The summed E-state index contributed by atoms with van der Waals surface area (Å²) in [4.78, 5) is 0. The van der Waals surface area contributed by atoms with Crippen LogP contribution in [0.2, 0.25) is 0 Å². The summed E-state index contributed by atoms with van der Waals surface area (Å²) in [7, 11) is 1.43. The monoisotopic (exact) mass is 276 g/mol. The van der Waals surface area contributed by atoms with E-state index in [1.807, 2.05) is 13.8 Å². The molecule has 2 nitrogen and oxygen atoms in total. The number of methoxy groups -OCH3 is 1. The van der Waals surface area contributed by atoms with Crippen molar-refractivity contribution in [2.24, 2.45) is 5.92 Å². The van der Waals surface area contributed by atoms with Crippen molar-refractivity contribution in [2.45, 2.75) is 13.8 Å². The van der Waals surface area contributed by atoms with Crippen LogP contribution in [0, 0.1) is 11.7 Å². The van der Waals surface area contributed by atoms with Crippen molar-refractivity contribution in [3.63, 3.8) is 0 Å². The minimum absolute atomic E-state index is 0.192. The molecule has 4 heteroatoms. The molecule has 0 aliphatic heterocycles. The molecule has 0 saturated heterocycles. The third-order valence-corrected chi connectivity index (χ3v) is 2.42. The molecule has 0 atom stereocenters. The van der Waals surface area contributed by atoms with Gasteiger partial charge < -0.3 is 9.47 Å². The zero-order chi connectivity index (χ0) is 11.4. The molecule has 1 aromatic rings. The summed E-state index contributed by atoms with van der Waals surface area (Å²) in [6.45, 7) is 4.49. The van der Waals surface area contributed by atoms with Gasteiger partial charge in [0.25, 0.3) is 0 Å². The number of rotatable bonds is 4. The maximum absolute atomic E-state index is 13.7. The van der Waals surface area contributed by atoms with E-state index >= 15 is 0 Å². The fourth-order valence-corrected chi connectivity index (χ4v) is 1.48. The highest BCUT2D eigenvalue weighted by Crippen LogP contribution is 2.34. The van der Waals surface area contributed by atoms with Gasteiger partial charge in [-0.25, -0.2) is 0 Å². The molecule has 84 valence electrons. The van der Waals surface area contributed by atoms with E-state index in [1.165, 1.54) is 7.11 Å². The fraction of sp³-hybridized carbons (Fsp3) is 0.455. The second-order valence-electron chi connectivity index (χ2n) is 3.60. The van der Waals surface area contributed by atoms with Gasteiger partial charge in [0.05, 0.1) is 18.2 Å². The molecule has 0 fully saturated rings. The van der Waals surface area contributed by atoms with E-state index in [0.717, 1.165) is 0 Å². The largest absolute Gasteiger partial charge is 0.494 e. The summed E-state index contributed by atoms with van der Waals surface area (Å²) in [6.07, 6.45) is 0. The van der Waals surface area contributed by atoms with E-state index in [2.05, 4.69) is 15.9 Å². The molecule has 0 heterocycles. The average Bonchev–Trinajstić information content (AvgIpc) is 2.17. The van der Waals surface area contributed by atoms with Crippen LogP contribution in [0.1, 0.15) is 13.8 Å². The topological polar surface area (TPSA) is 18.5 Å². The van der Waals surface area contributed by atoms with Gasteiger partial charge in [-0.2, -0.15) is 4.39 Å². The van der Waals surface area contributed by atoms with Crippen LogP contribution in [0.15, 0.2) is 16.6 Å². The van der Waals surface area contributed by atoms with Crippen LogP contribution < -0.4 is 9.47 Å². The first-order chi connectivity index (χ1) is 7.06. The maximum atomic E-state index is 13.7. The van der Waals surface area contributed by atoms with Crippen molar-refractivity contribution in [2.75, 3.05) is 13.7 Å². The lowest BCUT2D eigenvalue weighted by molar-refractivity contribution is 0.253. The lowest BCUT2D eigenvalue weighted by Gasteiger charge is -2.12. The van der Waals surface area contributed by atoms with Crippen molar-refractivity contribution in [3.8, 4) is 11.5 Å². The highest BCUT2D eigenvalue weighted by Gasteiger charge is 2.14. The maximum Gasteiger partial charge on any atom is 0.207 e. The van der Waals surface area contributed by atoms with Gasteiger partial charge in [-0.05, 0) is 34.0 Å². The second kappa shape index (κ2) is 5.35. The summed E-state index contributed by atoms with van der Waals surface area (Å²) < 4.78 is 24.5. The van der Waals surface area contributed by atoms with Gasteiger partial charge in [0, 0.05) is 0 Å². The number of ether oxygens (including phenoxy) is 2. The smallest absolute Gasteiger partial charge is 0.207 e. The molecular weight excluding hydrogens is 263 g/mol. The average molecular weight is 277 g/mol. The van der Waals surface area contributed by atoms with Gasteiger partial charge in [-0.1, -0.05) is 13.8 Å². The van der Waals surface area contributed by atoms with Gasteiger partial charge in [-0.15, -0.1) is 0 Å². The standard InChI is InChI=1S/C11H14BrFO2/c1-7(2)6-15-11-8(12)4-5-9(14-3)10(11)13/h4-5,7H,6H2,1-3H3. The van der Waals surface area contributed by atoms with E-state index in [9.17, 15) is 4.39 Å². The van der Waals surface area contributed by atoms with E-state index in [4.69, 9.17) is 9.47 Å². The van der Waals surface area contributed by atoms with Crippen LogP contribution in [-0.4, -0.2) is 13.7 Å². The predicted molar refractivity (Wildman–Crippen MR) is 61.0 cm³/mol. The summed E-state index contributed by atoms with van der Waals surface area (Å²) in [6, 6.07) is 3.26. The second-order valence-corrected chi connectivity index (χ2v) is 4.45. The van der Waals surface area contributed by atoms with Gasteiger partial charge in [-0.3, -0.25) is 0 Å². The Morgan fingerprint density at radius 1 is 1.40 bits per heavy atom. The zero-order valence-electron chi connectivity index (χ0n) is 9.01. The van der Waals surface area contributed by atoms with Crippen molar-refractivity contribution in [3.05, 3.63) is 22.4 Å². The Kier molecular flexibility index (Phi) is 4.39.